The Hall–Kier alpha value is -1.93. The zero-order chi connectivity index (χ0) is 14.4. The molecule has 1 aliphatic carbocycles. The van der Waals surface area contributed by atoms with Crippen molar-refractivity contribution >= 4 is 15.9 Å². The molecule has 0 bridgehead atoms. The van der Waals surface area contributed by atoms with Gasteiger partial charge in [-0.2, -0.15) is 0 Å². The Bertz CT molecular complexity index is 838. The van der Waals surface area contributed by atoms with Crippen LogP contribution in [0.4, 0.5) is 4.39 Å². The molecule has 3 aromatic rings. The molecule has 0 saturated heterocycles. The van der Waals surface area contributed by atoms with E-state index >= 15 is 0 Å². The molecular formula is C19H12BrF. The van der Waals surface area contributed by atoms with Gasteiger partial charge in [0, 0.05) is 5.56 Å². The first-order valence-electron chi connectivity index (χ1n) is 6.88. The van der Waals surface area contributed by atoms with E-state index in [2.05, 4.69) is 34.1 Å². The Kier molecular flexibility index (Phi) is 2.93. The fourth-order valence-electron chi connectivity index (χ4n) is 3.11. The molecule has 2 heteroatoms. The normalized spacial score (nSPS) is 15.6. The van der Waals surface area contributed by atoms with Crippen molar-refractivity contribution in [3.63, 3.8) is 0 Å². The minimum atomic E-state index is -0.179. The highest BCUT2D eigenvalue weighted by molar-refractivity contribution is 9.09. The lowest BCUT2D eigenvalue weighted by Crippen LogP contribution is -1.92. The summed E-state index contributed by atoms with van der Waals surface area (Å²) in [7, 11) is 0. The van der Waals surface area contributed by atoms with Crippen molar-refractivity contribution in [3.8, 4) is 22.3 Å². The second kappa shape index (κ2) is 4.81. The summed E-state index contributed by atoms with van der Waals surface area (Å²) < 4.78 is 14.2. The van der Waals surface area contributed by atoms with E-state index < -0.39 is 0 Å². The van der Waals surface area contributed by atoms with Crippen molar-refractivity contribution in [2.24, 2.45) is 0 Å². The minimum Gasteiger partial charge on any atom is -0.206 e. The SMILES string of the molecule is Fc1ccccc1-c1cccc2c1C(Br)c1ccccc1-2. The van der Waals surface area contributed by atoms with Crippen molar-refractivity contribution in [2.75, 3.05) is 0 Å². The zero-order valence-corrected chi connectivity index (χ0v) is 12.8. The second-order valence-corrected chi connectivity index (χ2v) is 6.11. The Labute approximate surface area is 131 Å². The average molecular weight is 339 g/mol. The molecule has 3 aromatic carbocycles. The zero-order valence-electron chi connectivity index (χ0n) is 11.2. The van der Waals surface area contributed by atoms with Crippen LogP contribution in [0.15, 0.2) is 66.7 Å². The fraction of sp³-hybridized carbons (Fsp3) is 0.0526. The quantitative estimate of drug-likeness (QED) is 0.480. The van der Waals surface area contributed by atoms with E-state index in [0.29, 0.717) is 5.56 Å². The summed E-state index contributed by atoms with van der Waals surface area (Å²) in [5.74, 6) is -0.179. The van der Waals surface area contributed by atoms with Crippen LogP contribution in [0.1, 0.15) is 16.0 Å². The predicted octanol–water partition coefficient (Wildman–Crippen LogP) is 5.96. The van der Waals surface area contributed by atoms with E-state index in [-0.39, 0.29) is 10.6 Å². The van der Waals surface area contributed by atoms with Gasteiger partial charge in [-0.05, 0) is 33.9 Å². The number of benzene rings is 3. The van der Waals surface area contributed by atoms with Gasteiger partial charge in [-0.1, -0.05) is 76.6 Å². The van der Waals surface area contributed by atoms with Gasteiger partial charge in [-0.3, -0.25) is 0 Å². The summed E-state index contributed by atoms with van der Waals surface area (Å²) >= 11 is 3.79. The van der Waals surface area contributed by atoms with Gasteiger partial charge in [0.05, 0.1) is 4.83 Å². The van der Waals surface area contributed by atoms with Gasteiger partial charge in [0.2, 0.25) is 0 Å². The van der Waals surface area contributed by atoms with Crippen molar-refractivity contribution < 1.29 is 4.39 Å². The van der Waals surface area contributed by atoms with Crippen LogP contribution in [0.25, 0.3) is 22.3 Å². The number of hydrogen-bond donors (Lipinski definition) is 0. The third-order valence-electron chi connectivity index (χ3n) is 4.05. The first kappa shape index (κ1) is 12.8. The van der Waals surface area contributed by atoms with E-state index in [4.69, 9.17) is 0 Å². The van der Waals surface area contributed by atoms with E-state index in [9.17, 15) is 4.39 Å². The largest absolute Gasteiger partial charge is 0.206 e. The molecule has 102 valence electrons. The van der Waals surface area contributed by atoms with Gasteiger partial charge < -0.3 is 0 Å². The van der Waals surface area contributed by atoms with Crippen LogP contribution in [0, 0.1) is 5.82 Å². The molecule has 0 aliphatic heterocycles. The molecule has 0 saturated carbocycles. The minimum absolute atomic E-state index is 0.111. The topological polar surface area (TPSA) is 0 Å². The van der Waals surface area contributed by atoms with Gasteiger partial charge in [-0.15, -0.1) is 0 Å². The van der Waals surface area contributed by atoms with Crippen molar-refractivity contribution in [1.29, 1.82) is 0 Å². The third kappa shape index (κ3) is 1.86. The Balaban J connectivity index is 2.01. The van der Waals surface area contributed by atoms with Gasteiger partial charge in [0.25, 0.3) is 0 Å². The monoisotopic (exact) mass is 338 g/mol. The van der Waals surface area contributed by atoms with Crippen LogP contribution in [0.2, 0.25) is 0 Å². The highest BCUT2D eigenvalue weighted by Crippen LogP contribution is 2.51. The first-order chi connectivity index (χ1) is 10.3. The Morgan fingerprint density at radius 1 is 0.667 bits per heavy atom. The average Bonchev–Trinajstić information content (AvgIpc) is 2.82. The highest BCUT2D eigenvalue weighted by atomic mass is 79.9. The molecule has 0 nitrogen and oxygen atoms in total. The molecule has 0 aromatic heterocycles. The molecule has 1 unspecified atom stereocenters. The number of halogens is 2. The van der Waals surface area contributed by atoms with Crippen LogP contribution in [-0.4, -0.2) is 0 Å². The molecule has 0 radical (unpaired) electrons. The predicted molar refractivity (Wildman–Crippen MR) is 88.0 cm³/mol. The first-order valence-corrected chi connectivity index (χ1v) is 7.80. The molecule has 0 fully saturated rings. The number of alkyl halides is 1. The van der Waals surface area contributed by atoms with Crippen LogP contribution in [0.3, 0.4) is 0 Å². The second-order valence-electron chi connectivity index (χ2n) is 5.20. The molecule has 1 aliphatic rings. The molecule has 0 N–H and O–H groups in total. The lowest BCUT2D eigenvalue weighted by Gasteiger charge is -2.12. The lowest BCUT2D eigenvalue weighted by molar-refractivity contribution is 0.631. The van der Waals surface area contributed by atoms with Gasteiger partial charge in [0.1, 0.15) is 5.82 Å². The summed E-state index contributed by atoms with van der Waals surface area (Å²) in [5.41, 5.74) is 6.44. The van der Waals surface area contributed by atoms with Gasteiger partial charge in [-0.25, -0.2) is 4.39 Å². The summed E-state index contributed by atoms with van der Waals surface area (Å²) in [4.78, 5) is 0.111. The molecule has 0 amide bonds. The molecule has 0 heterocycles. The van der Waals surface area contributed by atoms with Crippen LogP contribution < -0.4 is 0 Å². The van der Waals surface area contributed by atoms with Crippen LogP contribution in [0.5, 0.6) is 0 Å². The van der Waals surface area contributed by atoms with Crippen LogP contribution >= 0.6 is 15.9 Å². The summed E-state index contributed by atoms with van der Waals surface area (Å²) in [6.07, 6.45) is 0. The van der Waals surface area contributed by atoms with Crippen molar-refractivity contribution in [1.82, 2.24) is 0 Å². The van der Waals surface area contributed by atoms with E-state index in [1.54, 1.807) is 6.07 Å². The third-order valence-corrected chi connectivity index (χ3v) is 5.00. The number of rotatable bonds is 1. The molecule has 21 heavy (non-hydrogen) atoms. The van der Waals surface area contributed by atoms with E-state index in [0.717, 1.165) is 11.1 Å². The summed E-state index contributed by atoms with van der Waals surface area (Å²) in [5, 5.41) is 0. The van der Waals surface area contributed by atoms with E-state index in [1.807, 2.05) is 36.4 Å². The molecule has 0 spiro atoms. The van der Waals surface area contributed by atoms with Gasteiger partial charge in [0.15, 0.2) is 0 Å². The number of fused-ring (bicyclic) bond motifs is 3. The fourth-order valence-corrected chi connectivity index (χ4v) is 4.00. The summed E-state index contributed by atoms with van der Waals surface area (Å²) in [6.45, 7) is 0. The maximum absolute atomic E-state index is 14.2. The van der Waals surface area contributed by atoms with Crippen LogP contribution in [-0.2, 0) is 0 Å². The lowest BCUT2D eigenvalue weighted by atomic mass is 9.95. The van der Waals surface area contributed by atoms with Crippen molar-refractivity contribution in [3.05, 3.63) is 83.7 Å². The molecule has 1 atom stereocenters. The molecule has 4 rings (SSSR count). The van der Waals surface area contributed by atoms with Gasteiger partial charge >= 0.3 is 0 Å². The molecular weight excluding hydrogens is 327 g/mol. The Morgan fingerprint density at radius 2 is 1.24 bits per heavy atom. The maximum Gasteiger partial charge on any atom is 0.131 e. The Morgan fingerprint density at radius 3 is 2.00 bits per heavy atom. The standard InChI is InChI=1S/C19H12BrF/c20-19-16-8-2-1-6-12(16)14-9-5-10-15(18(14)19)13-7-3-4-11-17(13)21/h1-11,19H. The summed E-state index contributed by atoms with van der Waals surface area (Å²) in [6, 6.07) is 21.4. The smallest absolute Gasteiger partial charge is 0.131 e. The maximum atomic E-state index is 14.2. The number of hydrogen-bond acceptors (Lipinski definition) is 0. The highest BCUT2D eigenvalue weighted by Gasteiger charge is 2.29. The van der Waals surface area contributed by atoms with Crippen molar-refractivity contribution in [2.45, 2.75) is 4.83 Å². The van der Waals surface area contributed by atoms with E-state index in [1.165, 1.54) is 22.8 Å².